The molecule has 0 aromatic heterocycles. The molecular weight excluding hydrogens is 611 g/mol. The van der Waals surface area contributed by atoms with Crippen LogP contribution in [0.4, 0.5) is 39.5 Å². The van der Waals surface area contributed by atoms with E-state index in [2.05, 4.69) is 36.4 Å². The summed E-state index contributed by atoms with van der Waals surface area (Å²) in [5, 5.41) is -4.41. The lowest BCUT2D eigenvalue weighted by Crippen LogP contribution is -2.63. The van der Waals surface area contributed by atoms with Gasteiger partial charge in [0, 0.05) is 17.0 Å². The molecule has 2 saturated carbocycles. The van der Waals surface area contributed by atoms with Gasteiger partial charge in [-0.25, -0.2) is 8.42 Å². The Labute approximate surface area is 233 Å². The van der Waals surface area contributed by atoms with E-state index < -0.39 is 33.4 Å². The minimum absolute atomic E-state index is 0.510. The predicted molar refractivity (Wildman–Crippen MR) is 134 cm³/mol. The maximum Gasteiger partial charge on any atom is 0.460 e. The summed E-state index contributed by atoms with van der Waals surface area (Å²) in [7, 11) is -6.91. The summed E-state index contributed by atoms with van der Waals surface area (Å²) in [6.45, 7) is 0.925. The molecule has 4 nitrogen and oxygen atoms in total. The van der Waals surface area contributed by atoms with E-state index in [1.54, 1.807) is 4.90 Å². The third kappa shape index (κ3) is 6.27. The van der Waals surface area contributed by atoms with Gasteiger partial charge < -0.3 is 9.29 Å². The van der Waals surface area contributed by atoms with E-state index in [-0.39, 0.29) is 0 Å². The molecule has 2 aliphatic carbocycles. The highest BCUT2D eigenvalue weighted by Gasteiger charge is 2.83. The van der Waals surface area contributed by atoms with Crippen LogP contribution in [0.15, 0.2) is 41.3 Å². The molecule has 15 heteroatoms. The van der Waals surface area contributed by atoms with Crippen LogP contribution in [-0.2, 0) is 21.0 Å². The van der Waals surface area contributed by atoms with Crippen molar-refractivity contribution >= 4 is 31.8 Å². The van der Waals surface area contributed by atoms with Crippen LogP contribution in [0.25, 0.3) is 10.8 Å². The second-order valence-corrected chi connectivity index (χ2v) is 14.3. The molecule has 3 atom stereocenters. The molecule has 1 heterocycles. The molecule has 0 radical (unpaired) electrons. The lowest BCUT2D eigenvalue weighted by molar-refractivity contribution is -0.382. The van der Waals surface area contributed by atoms with Crippen LogP contribution in [0.5, 0.6) is 5.75 Å². The second-order valence-electron chi connectivity index (χ2n) is 10.6. The molecule has 3 aliphatic rings. The molecule has 0 amide bonds. The maximum absolute atomic E-state index is 12.2. The molecule has 0 N–H and O–H groups in total. The van der Waals surface area contributed by atoms with Crippen molar-refractivity contribution in [1.82, 2.24) is 0 Å². The monoisotopic (exact) mass is 638 g/mol. The fraction of sp³-hybridized carbons (Fsp3) is 0.615. The fourth-order valence-corrected chi connectivity index (χ4v) is 8.44. The Bertz CT molecular complexity index is 1340. The van der Waals surface area contributed by atoms with Gasteiger partial charge >= 0.3 is 23.3 Å². The Kier molecular flexibility index (Phi) is 8.85. The van der Waals surface area contributed by atoms with Crippen LogP contribution in [0.1, 0.15) is 38.5 Å². The fourth-order valence-electron chi connectivity index (χ4n) is 5.66. The first kappa shape index (κ1) is 32.1. The van der Waals surface area contributed by atoms with Crippen LogP contribution in [0.3, 0.4) is 0 Å². The van der Waals surface area contributed by atoms with Gasteiger partial charge in [0.25, 0.3) is 0 Å². The number of alkyl halides is 9. The number of hydrogen-bond donors (Lipinski definition) is 0. The van der Waals surface area contributed by atoms with E-state index in [4.69, 9.17) is 4.74 Å². The zero-order chi connectivity index (χ0) is 30.4. The number of hydrogen-bond acceptors (Lipinski definition) is 4. The first-order valence-electron chi connectivity index (χ1n) is 12.8. The highest BCUT2D eigenvalue weighted by Crippen LogP contribution is 2.54. The van der Waals surface area contributed by atoms with Crippen molar-refractivity contribution in [3.05, 3.63) is 36.4 Å². The van der Waals surface area contributed by atoms with Crippen molar-refractivity contribution in [3.8, 4) is 5.75 Å². The predicted octanol–water partition coefficient (Wildman–Crippen LogP) is 7.38. The van der Waals surface area contributed by atoms with Gasteiger partial charge in [-0.2, -0.15) is 39.5 Å². The number of ether oxygens (including phenoxy) is 1. The largest absolute Gasteiger partial charge is 0.743 e. The van der Waals surface area contributed by atoms with Crippen LogP contribution < -0.4 is 4.74 Å². The van der Waals surface area contributed by atoms with Crippen LogP contribution in [-0.4, -0.2) is 54.4 Å². The highest BCUT2D eigenvalue weighted by molar-refractivity contribution is 7.97. The average Bonchev–Trinajstić information content (AvgIpc) is 3.65. The quantitative estimate of drug-likeness (QED) is 0.180. The smallest absolute Gasteiger partial charge is 0.460 e. The summed E-state index contributed by atoms with van der Waals surface area (Å²) in [5.41, 5.74) is 0. The lowest BCUT2D eigenvalue weighted by atomic mass is 9.89. The van der Waals surface area contributed by atoms with E-state index in [9.17, 15) is 52.5 Å². The van der Waals surface area contributed by atoms with Crippen molar-refractivity contribution in [2.45, 2.75) is 66.7 Å². The molecule has 230 valence electrons. The number of halogens is 9. The van der Waals surface area contributed by atoms with Gasteiger partial charge in [-0.1, -0.05) is 12.5 Å². The topological polar surface area (TPSA) is 66.4 Å². The van der Waals surface area contributed by atoms with Gasteiger partial charge in [-0.05, 0) is 84.9 Å². The SMILES string of the molecule is O=S(=O)([O-])C(F)(F)C(F)(F)C(F)(F)C(F)(F)F.c1cc2cc([S+]3CCCC3)ccc2cc1OCC1CC2CCC1C2. The summed E-state index contributed by atoms with van der Waals surface area (Å²) in [6.07, 6.45) is 1.46. The molecule has 2 bridgehead atoms. The average molecular weight is 639 g/mol. The van der Waals surface area contributed by atoms with Gasteiger partial charge in [0.1, 0.15) is 17.3 Å². The lowest BCUT2D eigenvalue weighted by Gasteiger charge is -2.34. The van der Waals surface area contributed by atoms with E-state index in [0.717, 1.165) is 30.1 Å². The number of fused-ring (bicyclic) bond motifs is 3. The van der Waals surface area contributed by atoms with Crippen molar-refractivity contribution < 1.29 is 57.2 Å². The van der Waals surface area contributed by atoms with Crippen molar-refractivity contribution in [2.24, 2.45) is 17.8 Å². The highest BCUT2D eigenvalue weighted by atomic mass is 32.2. The summed E-state index contributed by atoms with van der Waals surface area (Å²) in [4.78, 5) is 1.57. The normalized spacial score (nSPS) is 24.0. The van der Waals surface area contributed by atoms with Crippen LogP contribution in [0, 0.1) is 17.8 Å². The molecule has 2 aromatic carbocycles. The summed E-state index contributed by atoms with van der Waals surface area (Å²) < 4.78 is 142. The Morgan fingerprint density at radius 3 is 1.98 bits per heavy atom. The number of rotatable bonds is 7. The molecule has 41 heavy (non-hydrogen) atoms. The molecule has 3 fully saturated rings. The van der Waals surface area contributed by atoms with Gasteiger partial charge in [-0.3, -0.25) is 0 Å². The van der Waals surface area contributed by atoms with E-state index >= 15 is 0 Å². The summed E-state index contributed by atoms with van der Waals surface area (Å²) in [5.74, 6) is -8.20. The zero-order valence-electron chi connectivity index (χ0n) is 21.4. The molecule has 5 rings (SSSR count). The van der Waals surface area contributed by atoms with E-state index in [1.807, 2.05) is 0 Å². The Morgan fingerprint density at radius 2 is 1.44 bits per heavy atom. The standard InChI is InChI=1S/C22H27OS.C4HF9O3S/c1-2-10-24(9-1)22-8-6-18-13-21(7-5-19(18)14-22)23-15-20-12-16-3-4-17(20)11-16;5-1(6,3(9,10)11)2(7,8)4(12,13)17(14,15)16/h5-8,13-14,16-17,20H,1-4,9-12,15H2;(H,14,15,16)/q+1;/p-1. The Balaban J connectivity index is 0.000000204. The Morgan fingerprint density at radius 1 is 0.829 bits per heavy atom. The zero-order valence-corrected chi connectivity index (χ0v) is 23.0. The van der Waals surface area contributed by atoms with Gasteiger partial charge in [-0.15, -0.1) is 0 Å². The van der Waals surface area contributed by atoms with Crippen molar-refractivity contribution in [3.63, 3.8) is 0 Å². The molecular formula is C26H27F9O4S2. The molecule has 1 saturated heterocycles. The minimum atomic E-state index is -7.43. The van der Waals surface area contributed by atoms with Crippen LogP contribution >= 0.6 is 0 Å². The third-order valence-corrected chi connectivity index (χ3v) is 11.3. The summed E-state index contributed by atoms with van der Waals surface area (Å²) >= 11 is 0. The first-order valence-corrected chi connectivity index (χ1v) is 15.8. The summed E-state index contributed by atoms with van der Waals surface area (Å²) in [6, 6.07) is 13.8. The van der Waals surface area contributed by atoms with Crippen molar-refractivity contribution in [1.29, 1.82) is 0 Å². The van der Waals surface area contributed by atoms with Gasteiger partial charge in [0.05, 0.1) is 6.61 Å². The van der Waals surface area contributed by atoms with E-state index in [1.165, 1.54) is 60.8 Å². The minimum Gasteiger partial charge on any atom is -0.743 e. The Hall–Kier alpha value is -1.87. The maximum atomic E-state index is 12.2. The number of benzene rings is 2. The molecule has 0 spiro atoms. The first-order chi connectivity index (χ1) is 18.8. The molecule has 1 aliphatic heterocycles. The van der Waals surface area contributed by atoms with Crippen LogP contribution in [0.2, 0.25) is 0 Å². The third-order valence-electron chi connectivity index (χ3n) is 7.93. The molecule has 3 unspecified atom stereocenters. The second kappa shape index (κ2) is 11.3. The molecule has 2 aromatic rings. The van der Waals surface area contributed by atoms with Gasteiger partial charge in [0.15, 0.2) is 15.0 Å². The van der Waals surface area contributed by atoms with Gasteiger partial charge in [0.2, 0.25) is 0 Å². The van der Waals surface area contributed by atoms with Crippen molar-refractivity contribution in [2.75, 3.05) is 18.1 Å². The van der Waals surface area contributed by atoms with E-state index in [0.29, 0.717) is 10.9 Å².